The van der Waals surface area contributed by atoms with Crippen LogP contribution in [0.15, 0.2) is 30.5 Å². The number of hydrogen-bond acceptors (Lipinski definition) is 1. The number of H-pyrrole nitrogens is 1. The molecular formula is C18H18N2. The van der Waals surface area contributed by atoms with Gasteiger partial charge in [-0.3, -0.25) is 0 Å². The lowest BCUT2D eigenvalue weighted by Gasteiger charge is -2.11. The molecule has 0 spiro atoms. The Balaban J connectivity index is 2.00. The SMILES string of the molecule is Cc1cc2[nH]cc(C)c2nc1-c1cccc2c1CCC2. The fourth-order valence-corrected chi connectivity index (χ4v) is 3.39. The second-order valence-electron chi connectivity index (χ2n) is 5.82. The number of benzene rings is 1. The van der Waals surface area contributed by atoms with Crippen LogP contribution in [0, 0.1) is 13.8 Å². The van der Waals surface area contributed by atoms with Gasteiger partial charge in [-0.15, -0.1) is 0 Å². The first-order chi connectivity index (χ1) is 9.74. The summed E-state index contributed by atoms with van der Waals surface area (Å²) >= 11 is 0. The highest BCUT2D eigenvalue weighted by Crippen LogP contribution is 2.34. The molecule has 0 unspecified atom stereocenters. The Morgan fingerprint density at radius 3 is 2.90 bits per heavy atom. The molecule has 4 rings (SSSR count). The van der Waals surface area contributed by atoms with E-state index in [2.05, 4.69) is 43.1 Å². The average Bonchev–Trinajstić information content (AvgIpc) is 3.05. The maximum Gasteiger partial charge on any atom is 0.0915 e. The summed E-state index contributed by atoms with van der Waals surface area (Å²) in [6.07, 6.45) is 5.72. The van der Waals surface area contributed by atoms with E-state index in [1.54, 1.807) is 0 Å². The number of nitrogens with zero attached hydrogens (tertiary/aromatic N) is 1. The van der Waals surface area contributed by atoms with Gasteiger partial charge >= 0.3 is 0 Å². The third-order valence-electron chi connectivity index (χ3n) is 4.43. The highest BCUT2D eigenvalue weighted by atomic mass is 14.8. The molecule has 1 N–H and O–H groups in total. The standard InChI is InChI=1S/C18H18N2/c1-11-9-16-18(12(2)10-19-16)20-17(11)15-8-4-6-13-5-3-7-14(13)15/h4,6,8-10,19H,3,5,7H2,1-2H3. The molecule has 0 fully saturated rings. The van der Waals surface area contributed by atoms with Crippen LogP contribution in [0.5, 0.6) is 0 Å². The van der Waals surface area contributed by atoms with Crippen LogP contribution < -0.4 is 0 Å². The molecule has 0 aliphatic heterocycles. The third-order valence-corrected chi connectivity index (χ3v) is 4.43. The molecule has 1 aliphatic carbocycles. The highest BCUT2D eigenvalue weighted by Gasteiger charge is 2.18. The predicted molar refractivity (Wildman–Crippen MR) is 83.0 cm³/mol. The molecule has 3 aromatic rings. The van der Waals surface area contributed by atoms with Crippen molar-refractivity contribution in [2.24, 2.45) is 0 Å². The van der Waals surface area contributed by atoms with Crippen LogP contribution in [0.3, 0.4) is 0 Å². The summed E-state index contributed by atoms with van der Waals surface area (Å²) in [5, 5.41) is 0. The van der Waals surface area contributed by atoms with Crippen LogP contribution in [0.25, 0.3) is 22.3 Å². The zero-order valence-electron chi connectivity index (χ0n) is 12.0. The van der Waals surface area contributed by atoms with Gasteiger partial charge in [0.05, 0.1) is 16.7 Å². The van der Waals surface area contributed by atoms with Crippen LogP contribution >= 0.6 is 0 Å². The Morgan fingerprint density at radius 1 is 1.10 bits per heavy atom. The smallest absolute Gasteiger partial charge is 0.0915 e. The lowest BCUT2D eigenvalue weighted by Crippen LogP contribution is -1.94. The van der Waals surface area contributed by atoms with Crippen LogP contribution in [-0.4, -0.2) is 9.97 Å². The van der Waals surface area contributed by atoms with E-state index in [1.807, 2.05) is 6.20 Å². The number of hydrogen-bond donors (Lipinski definition) is 1. The summed E-state index contributed by atoms with van der Waals surface area (Å²) in [5.74, 6) is 0. The van der Waals surface area contributed by atoms with Gasteiger partial charge in [-0.1, -0.05) is 18.2 Å². The second-order valence-corrected chi connectivity index (χ2v) is 5.82. The molecule has 1 aromatic carbocycles. The van der Waals surface area contributed by atoms with E-state index in [0.29, 0.717) is 0 Å². The number of aromatic nitrogens is 2. The molecule has 0 amide bonds. The fraction of sp³-hybridized carbons (Fsp3) is 0.278. The average molecular weight is 262 g/mol. The van der Waals surface area contributed by atoms with E-state index in [4.69, 9.17) is 4.98 Å². The van der Waals surface area contributed by atoms with Crippen molar-refractivity contribution in [3.05, 3.63) is 52.7 Å². The van der Waals surface area contributed by atoms with Crippen molar-refractivity contribution < 1.29 is 0 Å². The van der Waals surface area contributed by atoms with Gasteiger partial charge in [0.15, 0.2) is 0 Å². The van der Waals surface area contributed by atoms with Crippen LogP contribution in [-0.2, 0) is 12.8 Å². The van der Waals surface area contributed by atoms with Crippen molar-refractivity contribution in [3.63, 3.8) is 0 Å². The molecule has 0 bridgehead atoms. The van der Waals surface area contributed by atoms with Crippen molar-refractivity contribution in [2.75, 3.05) is 0 Å². The van der Waals surface area contributed by atoms with Gasteiger partial charge in [-0.2, -0.15) is 0 Å². The Hall–Kier alpha value is -2.09. The zero-order valence-corrected chi connectivity index (χ0v) is 12.0. The lowest BCUT2D eigenvalue weighted by molar-refractivity contribution is 0.912. The molecule has 0 saturated carbocycles. The Kier molecular flexibility index (Phi) is 2.46. The molecule has 100 valence electrons. The van der Waals surface area contributed by atoms with Crippen molar-refractivity contribution in [1.82, 2.24) is 9.97 Å². The van der Waals surface area contributed by atoms with Gasteiger partial charge in [0.1, 0.15) is 0 Å². The van der Waals surface area contributed by atoms with Gasteiger partial charge in [-0.05, 0) is 61.4 Å². The Morgan fingerprint density at radius 2 is 2.00 bits per heavy atom. The van der Waals surface area contributed by atoms with Gasteiger partial charge in [0.25, 0.3) is 0 Å². The van der Waals surface area contributed by atoms with E-state index in [9.17, 15) is 0 Å². The van der Waals surface area contributed by atoms with Crippen LogP contribution in [0.4, 0.5) is 0 Å². The maximum atomic E-state index is 4.95. The number of nitrogens with one attached hydrogen (secondary N) is 1. The van der Waals surface area contributed by atoms with Crippen LogP contribution in [0.2, 0.25) is 0 Å². The minimum Gasteiger partial charge on any atom is -0.360 e. The highest BCUT2D eigenvalue weighted by molar-refractivity contribution is 5.84. The maximum absolute atomic E-state index is 4.95. The normalized spacial score (nSPS) is 13.9. The first-order valence-corrected chi connectivity index (χ1v) is 7.30. The summed E-state index contributed by atoms with van der Waals surface area (Å²) < 4.78 is 0. The van der Waals surface area contributed by atoms with Crippen molar-refractivity contribution >= 4 is 11.0 Å². The lowest BCUT2D eigenvalue weighted by atomic mass is 9.97. The largest absolute Gasteiger partial charge is 0.360 e. The Labute approximate surface area is 118 Å². The topological polar surface area (TPSA) is 28.7 Å². The van der Waals surface area contributed by atoms with Gasteiger partial charge in [0, 0.05) is 11.8 Å². The summed E-state index contributed by atoms with van der Waals surface area (Å²) in [5.41, 5.74) is 10.2. The van der Waals surface area contributed by atoms with Crippen molar-refractivity contribution in [2.45, 2.75) is 33.1 Å². The van der Waals surface area contributed by atoms with E-state index in [0.717, 1.165) is 16.7 Å². The molecular weight excluding hydrogens is 244 g/mol. The van der Waals surface area contributed by atoms with Gasteiger partial charge < -0.3 is 4.98 Å². The fourth-order valence-electron chi connectivity index (χ4n) is 3.39. The number of aryl methyl sites for hydroxylation is 3. The quantitative estimate of drug-likeness (QED) is 0.694. The number of aromatic amines is 1. The summed E-state index contributed by atoms with van der Waals surface area (Å²) in [6.45, 7) is 4.27. The molecule has 20 heavy (non-hydrogen) atoms. The van der Waals surface area contributed by atoms with Crippen molar-refractivity contribution in [1.29, 1.82) is 0 Å². The molecule has 1 aliphatic rings. The number of pyridine rings is 1. The minimum absolute atomic E-state index is 1.10. The number of rotatable bonds is 1. The van der Waals surface area contributed by atoms with E-state index in [-0.39, 0.29) is 0 Å². The first-order valence-electron chi connectivity index (χ1n) is 7.30. The van der Waals surface area contributed by atoms with E-state index in [1.165, 1.54) is 47.1 Å². The Bertz CT molecular complexity index is 812. The summed E-state index contributed by atoms with van der Waals surface area (Å²) in [7, 11) is 0. The third kappa shape index (κ3) is 1.61. The van der Waals surface area contributed by atoms with Crippen molar-refractivity contribution in [3.8, 4) is 11.3 Å². The van der Waals surface area contributed by atoms with Gasteiger partial charge in [0.2, 0.25) is 0 Å². The van der Waals surface area contributed by atoms with Crippen LogP contribution in [0.1, 0.15) is 28.7 Å². The van der Waals surface area contributed by atoms with E-state index < -0.39 is 0 Å². The molecule has 2 aromatic heterocycles. The summed E-state index contributed by atoms with van der Waals surface area (Å²) in [6, 6.07) is 8.89. The second kappa shape index (κ2) is 4.20. The summed E-state index contributed by atoms with van der Waals surface area (Å²) in [4.78, 5) is 8.25. The molecule has 0 saturated heterocycles. The van der Waals surface area contributed by atoms with Gasteiger partial charge in [-0.25, -0.2) is 4.98 Å². The molecule has 2 heterocycles. The molecule has 0 radical (unpaired) electrons. The molecule has 0 atom stereocenters. The molecule has 2 heteroatoms. The predicted octanol–water partition coefficient (Wildman–Crippen LogP) is 4.34. The monoisotopic (exact) mass is 262 g/mol. The zero-order chi connectivity index (χ0) is 13.7. The van der Waals surface area contributed by atoms with E-state index >= 15 is 0 Å². The first kappa shape index (κ1) is 11.7. The number of fused-ring (bicyclic) bond motifs is 2. The molecule has 2 nitrogen and oxygen atoms in total. The minimum atomic E-state index is 1.10.